The van der Waals surface area contributed by atoms with Crippen LogP contribution < -0.4 is 10.5 Å². The third-order valence-corrected chi connectivity index (χ3v) is 2.94. The average molecular weight is 228 g/mol. The van der Waals surface area contributed by atoms with Crippen molar-refractivity contribution in [2.45, 2.75) is 25.9 Å². The van der Waals surface area contributed by atoms with Gasteiger partial charge in [-0.05, 0) is 37.1 Å². The number of hydrogen-bond acceptors (Lipinski definition) is 3. The van der Waals surface area contributed by atoms with Crippen LogP contribution in [0.15, 0.2) is 6.07 Å². The summed E-state index contributed by atoms with van der Waals surface area (Å²) in [4.78, 5) is 0. The van der Waals surface area contributed by atoms with Crippen LogP contribution in [0.3, 0.4) is 0 Å². The molecule has 1 unspecified atom stereocenters. The molecule has 1 heterocycles. The van der Waals surface area contributed by atoms with Crippen LogP contribution in [0, 0.1) is 0 Å². The molecule has 0 bridgehead atoms. The quantitative estimate of drug-likeness (QED) is 0.811. The molecule has 0 fully saturated rings. The van der Waals surface area contributed by atoms with Crippen molar-refractivity contribution < 1.29 is 9.84 Å². The molecule has 0 aliphatic carbocycles. The number of rotatable bonds is 2. The standard InChI is InChI=1S/C11H14ClNO2/c1-6-4-8-5-7(2-3-13)10(14)9(12)11(8)15-6/h5-6,14H,2-4,13H2,1H3. The molecule has 0 amide bonds. The van der Waals surface area contributed by atoms with Gasteiger partial charge in [-0.2, -0.15) is 0 Å². The zero-order valence-corrected chi connectivity index (χ0v) is 9.34. The largest absolute Gasteiger partial charge is 0.506 e. The molecule has 1 aromatic rings. The Labute approximate surface area is 93.8 Å². The number of benzene rings is 1. The second kappa shape index (κ2) is 3.91. The Morgan fingerprint density at radius 3 is 3.07 bits per heavy atom. The molecule has 1 atom stereocenters. The minimum absolute atomic E-state index is 0.106. The van der Waals surface area contributed by atoms with E-state index in [1.54, 1.807) is 0 Å². The molecule has 3 nitrogen and oxygen atoms in total. The fraction of sp³-hybridized carbons (Fsp3) is 0.455. The van der Waals surface area contributed by atoms with Gasteiger partial charge >= 0.3 is 0 Å². The Kier molecular flexibility index (Phi) is 2.76. The highest BCUT2D eigenvalue weighted by molar-refractivity contribution is 6.33. The number of fused-ring (bicyclic) bond motifs is 1. The van der Waals surface area contributed by atoms with Gasteiger partial charge in [0.2, 0.25) is 0 Å². The minimum Gasteiger partial charge on any atom is -0.506 e. The first-order valence-corrected chi connectivity index (χ1v) is 5.41. The molecule has 1 aromatic carbocycles. The van der Waals surface area contributed by atoms with Gasteiger partial charge in [-0.1, -0.05) is 11.6 Å². The van der Waals surface area contributed by atoms with E-state index in [9.17, 15) is 5.11 Å². The summed E-state index contributed by atoms with van der Waals surface area (Å²) in [6, 6.07) is 1.94. The van der Waals surface area contributed by atoms with Gasteiger partial charge < -0.3 is 15.6 Å². The van der Waals surface area contributed by atoms with E-state index in [1.807, 2.05) is 13.0 Å². The molecule has 1 aliphatic rings. The lowest BCUT2D eigenvalue weighted by atomic mass is 10.0. The molecule has 0 saturated carbocycles. The summed E-state index contributed by atoms with van der Waals surface area (Å²) in [6.45, 7) is 2.48. The second-order valence-electron chi connectivity index (χ2n) is 3.86. The molecule has 0 aromatic heterocycles. The van der Waals surface area contributed by atoms with Gasteiger partial charge in [-0.25, -0.2) is 0 Å². The summed E-state index contributed by atoms with van der Waals surface area (Å²) in [7, 11) is 0. The second-order valence-corrected chi connectivity index (χ2v) is 4.24. The van der Waals surface area contributed by atoms with Crippen molar-refractivity contribution in [1.82, 2.24) is 0 Å². The van der Waals surface area contributed by atoms with Crippen LogP contribution in [0.2, 0.25) is 5.02 Å². The highest BCUT2D eigenvalue weighted by atomic mass is 35.5. The number of aromatic hydroxyl groups is 1. The summed E-state index contributed by atoms with van der Waals surface area (Å²) in [5, 5.41) is 10.1. The van der Waals surface area contributed by atoms with Crippen molar-refractivity contribution in [3.05, 3.63) is 22.2 Å². The third-order valence-electron chi connectivity index (χ3n) is 2.59. The van der Waals surface area contributed by atoms with Crippen molar-refractivity contribution in [2.24, 2.45) is 5.73 Å². The zero-order valence-electron chi connectivity index (χ0n) is 8.59. The Hall–Kier alpha value is -0.930. The monoisotopic (exact) mass is 227 g/mol. The van der Waals surface area contributed by atoms with Gasteiger partial charge in [0.25, 0.3) is 0 Å². The summed E-state index contributed by atoms with van der Waals surface area (Å²) >= 11 is 6.03. The number of phenols is 1. The van der Waals surface area contributed by atoms with Crippen molar-refractivity contribution in [2.75, 3.05) is 6.54 Å². The van der Waals surface area contributed by atoms with Crippen LogP contribution in [0.1, 0.15) is 18.1 Å². The molecule has 15 heavy (non-hydrogen) atoms. The smallest absolute Gasteiger partial charge is 0.145 e. The molecule has 0 radical (unpaired) electrons. The predicted molar refractivity (Wildman–Crippen MR) is 59.7 cm³/mol. The lowest BCUT2D eigenvalue weighted by Crippen LogP contribution is -2.05. The Bertz CT molecular complexity index is 392. The van der Waals surface area contributed by atoms with Gasteiger partial charge in [-0.3, -0.25) is 0 Å². The molecular formula is C11H14ClNO2. The molecular weight excluding hydrogens is 214 g/mol. The fourth-order valence-corrected chi connectivity index (χ4v) is 2.20. The maximum absolute atomic E-state index is 9.81. The molecule has 3 N–H and O–H groups in total. The number of ether oxygens (including phenoxy) is 1. The van der Waals surface area contributed by atoms with Gasteiger partial charge in [-0.15, -0.1) is 0 Å². The molecule has 2 rings (SSSR count). The first-order valence-electron chi connectivity index (χ1n) is 5.03. The number of phenolic OH excluding ortho intramolecular Hbond substituents is 1. The van der Waals surface area contributed by atoms with E-state index < -0.39 is 0 Å². The van der Waals surface area contributed by atoms with Crippen LogP contribution in [0.4, 0.5) is 0 Å². The molecule has 82 valence electrons. The highest BCUT2D eigenvalue weighted by Gasteiger charge is 2.25. The van der Waals surface area contributed by atoms with E-state index >= 15 is 0 Å². The lowest BCUT2D eigenvalue weighted by Gasteiger charge is -2.09. The lowest BCUT2D eigenvalue weighted by molar-refractivity contribution is 0.254. The van der Waals surface area contributed by atoms with Crippen LogP contribution in [0.5, 0.6) is 11.5 Å². The van der Waals surface area contributed by atoms with Gasteiger partial charge in [0.15, 0.2) is 0 Å². The van der Waals surface area contributed by atoms with Gasteiger partial charge in [0.05, 0.1) is 0 Å². The first kappa shape index (κ1) is 10.6. The van der Waals surface area contributed by atoms with Crippen molar-refractivity contribution in [3.8, 4) is 11.5 Å². The zero-order chi connectivity index (χ0) is 11.0. The molecule has 4 heteroatoms. The third kappa shape index (κ3) is 1.77. The van der Waals surface area contributed by atoms with E-state index in [4.69, 9.17) is 22.1 Å². The number of hydrogen-bond donors (Lipinski definition) is 2. The topological polar surface area (TPSA) is 55.5 Å². The van der Waals surface area contributed by atoms with Gasteiger partial charge in [0.1, 0.15) is 22.6 Å². The minimum atomic E-state index is 0.106. The van der Waals surface area contributed by atoms with Crippen LogP contribution >= 0.6 is 11.6 Å². The molecule has 1 aliphatic heterocycles. The van der Waals surface area contributed by atoms with Crippen LogP contribution in [0.25, 0.3) is 0 Å². The van der Waals surface area contributed by atoms with E-state index in [1.165, 1.54) is 0 Å². The van der Waals surface area contributed by atoms with Crippen molar-refractivity contribution in [1.29, 1.82) is 0 Å². The fourth-order valence-electron chi connectivity index (χ4n) is 1.91. The van der Waals surface area contributed by atoms with E-state index in [0.717, 1.165) is 17.5 Å². The Morgan fingerprint density at radius 2 is 2.40 bits per heavy atom. The normalized spacial score (nSPS) is 18.7. The maximum Gasteiger partial charge on any atom is 0.145 e. The summed E-state index contributed by atoms with van der Waals surface area (Å²) in [5.74, 6) is 0.734. The molecule has 0 saturated heterocycles. The SMILES string of the molecule is CC1Cc2cc(CCN)c(O)c(Cl)c2O1. The summed E-state index contributed by atoms with van der Waals surface area (Å²) < 4.78 is 5.53. The summed E-state index contributed by atoms with van der Waals surface area (Å²) in [6.07, 6.45) is 1.60. The summed E-state index contributed by atoms with van der Waals surface area (Å²) in [5.41, 5.74) is 7.33. The Balaban J connectivity index is 2.47. The first-order chi connectivity index (χ1) is 7.13. The van der Waals surface area contributed by atoms with Crippen LogP contribution in [-0.2, 0) is 12.8 Å². The van der Waals surface area contributed by atoms with Crippen molar-refractivity contribution >= 4 is 11.6 Å². The number of halogens is 1. The average Bonchev–Trinajstić information content (AvgIpc) is 2.56. The van der Waals surface area contributed by atoms with E-state index in [-0.39, 0.29) is 11.9 Å². The number of nitrogens with two attached hydrogens (primary N) is 1. The van der Waals surface area contributed by atoms with Gasteiger partial charge in [0, 0.05) is 6.42 Å². The predicted octanol–water partition coefficient (Wildman–Crippen LogP) is 1.87. The maximum atomic E-state index is 9.81. The molecule has 0 spiro atoms. The van der Waals surface area contributed by atoms with Crippen LogP contribution in [-0.4, -0.2) is 17.8 Å². The Morgan fingerprint density at radius 1 is 1.67 bits per heavy atom. The van der Waals surface area contributed by atoms with Crippen molar-refractivity contribution in [3.63, 3.8) is 0 Å². The highest BCUT2D eigenvalue weighted by Crippen LogP contribution is 2.43. The van der Waals surface area contributed by atoms with E-state index in [0.29, 0.717) is 23.7 Å². The van der Waals surface area contributed by atoms with E-state index in [2.05, 4.69) is 0 Å².